The van der Waals surface area contributed by atoms with Gasteiger partial charge in [-0.2, -0.15) is 0 Å². The number of esters is 1. The van der Waals surface area contributed by atoms with Crippen molar-refractivity contribution in [3.8, 4) is 0 Å². The van der Waals surface area contributed by atoms with E-state index in [2.05, 4.69) is 5.32 Å². The van der Waals surface area contributed by atoms with Crippen LogP contribution in [0.3, 0.4) is 0 Å². The summed E-state index contributed by atoms with van der Waals surface area (Å²) < 4.78 is 4.77. The minimum atomic E-state index is -0.893. The second-order valence-corrected chi connectivity index (χ2v) is 6.91. The number of amides is 1. The van der Waals surface area contributed by atoms with Crippen molar-refractivity contribution in [2.24, 2.45) is 17.8 Å². The topological polar surface area (TPSA) is 92.7 Å². The van der Waals surface area contributed by atoms with Crippen LogP contribution in [0.5, 0.6) is 0 Å². The molecule has 2 aliphatic rings. The first-order chi connectivity index (χ1) is 12.0. The zero-order valence-corrected chi connectivity index (χ0v) is 14.2. The van der Waals surface area contributed by atoms with Crippen molar-refractivity contribution in [2.45, 2.75) is 38.1 Å². The number of carbonyl (C=O) groups is 3. The lowest BCUT2D eigenvalue weighted by Crippen LogP contribution is -2.39. The molecule has 2 aliphatic carbocycles. The van der Waals surface area contributed by atoms with Gasteiger partial charge in [-0.15, -0.1) is 0 Å². The molecule has 0 aromatic heterocycles. The van der Waals surface area contributed by atoms with Crippen molar-refractivity contribution >= 4 is 17.8 Å². The summed E-state index contributed by atoms with van der Waals surface area (Å²) in [4.78, 5) is 35.8. The Morgan fingerprint density at radius 2 is 1.72 bits per heavy atom. The van der Waals surface area contributed by atoms with E-state index in [4.69, 9.17) is 4.74 Å². The average Bonchev–Trinajstić information content (AvgIpc) is 3.00. The quantitative estimate of drug-likeness (QED) is 0.815. The monoisotopic (exact) mass is 345 g/mol. The summed E-state index contributed by atoms with van der Waals surface area (Å²) in [6.45, 7) is 0. The fraction of sp³-hybridized carbons (Fsp3) is 0.526. The van der Waals surface area contributed by atoms with Crippen LogP contribution in [0, 0.1) is 17.8 Å². The van der Waals surface area contributed by atoms with Crippen LogP contribution in [0.4, 0.5) is 0 Å². The summed E-state index contributed by atoms with van der Waals surface area (Å²) in [5, 5.41) is 12.5. The van der Waals surface area contributed by atoms with Gasteiger partial charge in [0.15, 0.2) is 0 Å². The largest absolute Gasteiger partial charge is 0.481 e. The number of aliphatic carboxylic acids is 1. The van der Waals surface area contributed by atoms with E-state index in [1.165, 1.54) is 7.11 Å². The highest BCUT2D eigenvalue weighted by Crippen LogP contribution is 2.37. The lowest BCUT2D eigenvalue weighted by Gasteiger charge is -2.28. The Bertz CT molecular complexity index is 678. The van der Waals surface area contributed by atoms with Crippen LogP contribution in [0.25, 0.3) is 0 Å². The minimum Gasteiger partial charge on any atom is -0.481 e. The van der Waals surface area contributed by atoms with Gasteiger partial charge in [-0.05, 0) is 43.2 Å². The van der Waals surface area contributed by atoms with Gasteiger partial charge in [0.25, 0.3) is 0 Å². The van der Waals surface area contributed by atoms with Gasteiger partial charge >= 0.3 is 11.9 Å². The molecule has 0 aliphatic heterocycles. The summed E-state index contributed by atoms with van der Waals surface area (Å²) in [5.41, 5.74) is 1.88. The molecule has 0 unspecified atom stereocenters. The maximum Gasteiger partial charge on any atom is 0.309 e. The molecule has 1 saturated carbocycles. The Balaban J connectivity index is 1.66. The average molecular weight is 345 g/mol. The maximum absolute atomic E-state index is 12.7. The van der Waals surface area contributed by atoms with Crippen LogP contribution >= 0.6 is 0 Å². The minimum absolute atomic E-state index is 0.115. The third-order valence-electron chi connectivity index (χ3n) is 5.48. The summed E-state index contributed by atoms with van der Waals surface area (Å²) in [6.07, 6.45) is 2.95. The highest BCUT2D eigenvalue weighted by molar-refractivity contribution is 5.82. The Hall–Kier alpha value is -2.37. The number of nitrogens with one attached hydrogen (secondary N) is 1. The van der Waals surface area contributed by atoms with E-state index in [0.29, 0.717) is 32.1 Å². The Labute approximate surface area is 146 Å². The van der Waals surface area contributed by atoms with Crippen molar-refractivity contribution in [1.82, 2.24) is 5.32 Å². The second kappa shape index (κ2) is 7.25. The van der Waals surface area contributed by atoms with Crippen molar-refractivity contribution in [2.75, 3.05) is 7.11 Å². The van der Waals surface area contributed by atoms with Gasteiger partial charge in [-0.25, -0.2) is 0 Å². The zero-order valence-electron chi connectivity index (χ0n) is 14.2. The molecule has 6 heteroatoms. The highest BCUT2D eigenvalue weighted by Gasteiger charge is 2.39. The number of hydrogen-bond acceptors (Lipinski definition) is 4. The summed E-state index contributed by atoms with van der Waals surface area (Å²) in [5.74, 6) is -2.16. The highest BCUT2D eigenvalue weighted by atomic mass is 16.5. The molecule has 25 heavy (non-hydrogen) atoms. The van der Waals surface area contributed by atoms with E-state index >= 15 is 0 Å². The van der Waals surface area contributed by atoms with Crippen LogP contribution in [0.15, 0.2) is 24.3 Å². The van der Waals surface area contributed by atoms with E-state index in [9.17, 15) is 19.5 Å². The number of carboxylic acids is 1. The Morgan fingerprint density at radius 3 is 2.36 bits per heavy atom. The van der Waals surface area contributed by atoms with Crippen LogP contribution in [0.2, 0.25) is 0 Å². The third kappa shape index (κ3) is 3.52. The number of hydrogen-bond donors (Lipinski definition) is 2. The summed E-state index contributed by atoms with van der Waals surface area (Å²) >= 11 is 0. The molecule has 1 amide bonds. The van der Waals surface area contributed by atoms with Gasteiger partial charge < -0.3 is 15.2 Å². The molecule has 1 aromatic carbocycles. The fourth-order valence-corrected chi connectivity index (χ4v) is 4.03. The van der Waals surface area contributed by atoms with Crippen molar-refractivity contribution in [1.29, 1.82) is 0 Å². The first kappa shape index (κ1) is 17.5. The fourth-order valence-electron chi connectivity index (χ4n) is 4.03. The van der Waals surface area contributed by atoms with Crippen LogP contribution in [-0.2, 0) is 25.5 Å². The van der Waals surface area contributed by atoms with E-state index in [-0.39, 0.29) is 23.7 Å². The first-order valence-electron chi connectivity index (χ1n) is 8.70. The summed E-state index contributed by atoms with van der Waals surface area (Å²) in [6, 6.07) is 7.07. The van der Waals surface area contributed by atoms with Gasteiger partial charge in [0.1, 0.15) is 0 Å². The van der Waals surface area contributed by atoms with E-state index < -0.39 is 17.9 Å². The number of carbonyl (C=O) groups excluding carboxylic acids is 2. The van der Waals surface area contributed by atoms with Crippen LogP contribution in [0.1, 0.15) is 42.9 Å². The number of rotatable bonds is 4. The SMILES string of the molecule is COC(=O)C1CCC(C(=O)N[C@H]2c3ccccc3C[C@H]2C(=O)O)CC1. The Morgan fingerprint density at radius 1 is 1.08 bits per heavy atom. The molecule has 1 fully saturated rings. The molecular formula is C19H23NO5. The summed E-state index contributed by atoms with van der Waals surface area (Å²) in [7, 11) is 1.38. The molecule has 3 rings (SSSR count). The molecule has 0 spiro atoms. The molecule has 6 nitrogen and oxygen atoms in total. The number of fused-ring (bicyclic) bond motifs is 1. The Kier molecular flexibility index (Phi) is 5.06. The lowest BCUT2D eigenvalue weighted by atomic mass is 9.81. The number of methoxy groups -OCH3 is 1. The lowest BCUT2D eigenvalue weighted by molar-refractivity contribution is -0.148. The molecule has 134 valence electrons. The van der Waals surface area contributed by atoms with E-state index in [1.54, 1.807) is 0 Å². The first-order valence-corrected chi connectivity index (χ1v) is 8.70. The van der Waals surface area contributed by atoms with E-state index in [1.807, 2.05) is 24.3 Å². The van der Waals surface area contributed by atoms with Gasteiger partial charge in [-0.1, -0.05) is 24.3 Å². The van der Waals surface area contributed by atoms with Gasteiger partial charge in [0, 0.05) is 5.92 Å². The number of carboxylic acid groups (broad SMARTS) is 1. The predicted octanol–water partition coefficient (Wildman–Crippen LogP) is 2.08. The van der Waals surface area contributed by atoms with E-state index in [0.717, 1.165) is 11.1 Å². The van der Waals surface area contributed by atoms with Crippen molar-refractivity contribution < 1.29 is 24.2 Å². The molecule has 1 aromatic rings. The number of ether oxygens (including phenoxy) is 1. The van der Waals surface area contributed by atoms with Crippen LogP contribution < -0.4 is 5.32 Å². The van der Waals surface area contributed by atoms with Gasteiger partial charge in [0.2, 0.25) is 5.91 Å². The van der Waals surface area contributed by atoms with Gasteiger partial charge in [0.05, 0.1) is 25.0 Å². The standard InChI is InChI=1S/C19H23NO5/c1-25-19(24)12-8-6-11(7-9-12)17(21)20-16-14-5-3-2-4-13(14)10-15(16)18(22)23/h2-5,11-12,15-16H,6-10H2,1H3,(H,20,21)(H,22,23)/t11?,12?,15-,16+/m1/s1. The third-order valence-corrected chi connectivity index (χ3v) is 5.48. The normalized spacial score (nSPS) is 28.0. The molecule has 0 bridgehead atoms. The van der Waals surface area contributed by atoms with Crippen molar-refractivity contribution in [3.05, 3.63) is 35.4 Å². The maximum atomic E-state index is 12.7. The molecule has 0 radical (unpaired) electrons. The molecule has 2 N–H and O–H groups in total. The predicted molar refractivity (Wildman–Crippen MR) is 89.6 cm³/mol. The molecule has 0 heterocycles. The molecule has 0 saturated heterocycles. The number of benzene rings is 1. The smallest absolute Gasteiger partial charge is 0.309 e. The second-order valence-electron chi connectivity index (χ2n) is 6.91. The van der Waals surface area contributed by atoms with Gasteiger partial charge in [-0.3, -0.25) is 14.4 Å². The van der Waals surface area contributed by atoms with Crippen molar-refractivity contribution in [3.63, 3.8) is 0 Å². The van der Waals surface area contributed by atoms with Crippen LogP contribution in [-0.4, -0.2) is 30.1 Å². The zero-order chi connectivity index (χ0) is 18.0. The molecular weight excluding hydrogens is 322 g/mol. The molecule has 2 atom stereocenters.